The molecule has 0 spiro atoms. The topological polar surface area (TPSA) is 86.9 Å². The van der Waals surface area contributed by atoms with E-state index in [2.05, 4.69) is 16.5 Å². The van der Waals surface area contributed by atoms with E-state index in [4.69, 9.17) is 0 Å². The molecule has 0 unspecified atom stereocenters. The molecule has 7 nitrogen and oxygen atoms in total. The number of fused-ring (bicyclic) bond motifs is 2. The first-order valence-electron chi connectivity index (χ1n) is 7.79. The third-order valence-electron chi connectivity index (χ3n) is 3.56. The van der Waals surface area contributed by atoms with Gasteiger partial charge in [0.2, 0.25) is 0 Å². The van der Waals surface area contributed by atoms with E-state index < -0.39 is 11.6 Å². The van der Waals surface area contributed by atoms with Gasteiger partial charge in [0.05, 0.1) is 30.0 Å². The SMILES string of the molecule is C=CCn1c(=O)sc2ncc(F)cc21.O=CCn1c(=O)sc2ncc(F)cc21. The number of pyridine rings is 2. The highest BCUT2D eigenvalue weighted by Gasteiger charge is 2.09. The van der Waals surface area contributed by atoms with Crippen molar-refractivity contribution in [3.8, 4) is 0 Å². The second-order valence-corrected chi connectivity index (χ2v) is 7.25. The second-order valence-electron chi connectivity index (χ2n) is 5.37. The molecular weight excluding hydrogens is 410 g/mol. The highest BCUT2D eigenvalue weighted by molar-refractivity contribution is 7.16. The normalized spacial score (nSPS) is 10.6. The van der Waals surface area contributed by atoms with E-state index in [1.54, 1.807) is 6.08 Å². The Balaban J connectivity index is 0.000000161. The van der Waals surface area contributed by atoms with E-state index in [-0.39, 0.29) is 16.3 Å². The standard InChI is InChI=1S/C9H7FN2OS.C8H5FN2O2S/c1-2-3-12-7-4-6(10)5-11-8(7)14-9(12)13;9-5-3-6-7(10-4-5)14-8(13)11(6)1-2-12/h2,4-5H,1,3H2;2-4H,1H2. The van der Waals surface area contributed by atoms with Gasteiger partial charge in [0.1, 0.15) is 27.6 Å². The van der Waals surface area contributed by atoms with E-state index >= 15 is 0 Å². The highest BCUT2D eigenvalue weighted by atomic mass is 32.1. The maximum absolute atomic E-state index is 12.9. The average Bonchev–Trinajstić information content (AvgIpc) is 3.13. The molecule has 0 amide bonds. The van der Waals surface area contributed by atoms with Crippen LogP contribution in [0, 0.1) is 11.6 Å². The molecule has 0 radical (unpaired) electrons. The van der Waals surface area contributed by atoms with Gasteiger partial charge in [0, 0.05) is 18.7 Å². The maximum Gasteiger partial charge on any atom is 0.310 e. The van der Waals surface area contributed by atoms with Gasteiger partial charge < -0.3 is 4.79 Å². The van der Waals surface area contributed by atoms with Crippen molar-refractivity contribution < 1.29 is 13.6 Å². The lowest BCUT2D eigenvalue weighted by Gasteiger charge is -1.97. The minimum absolute atomic E-state index is 0.0655. The Labute approximate surface area is 163 Å². The fourth-order valence-corrected chi connectivity index (χ4v) is 4.05. The number of halogens is 2. The molecule has 4 heterocycles. The number of hydrogen-bond acceptors (Lipinski definition) is 7. The molecule has 0 N–H and O–H groups in total. The molecule has 28 heavy (non-hydrogen) atoms. The summed E-state index contributed by atoms with van der Waals surface area (Å²) in [6, 6.07) is 2.51. The molecule has 0 saturated carbocycles. The average molecular weight is 422 g/mol. The Morgan fingerprint density at radius 3 is 1.82 bits per heavy atom. The van der Waals surface area contributed by atoms with E-state index in [9.17, 15) is 23.2 Å². The zero-order valence-electron chi connectivity index (χ0n) is 14.2. The Hall–Kier alpha value is -3.05. The summed E-state index contributed by atoms with van der Waals surface area (Å²) < 4.78 is 28.3. The fraction of sp³-hybridized carbons (Fsp3) is 0.118. The number of thiazole rings is 2. The zero-order chi connectivity index (χ0) is 20.3. The summed E-state index contributed by atoms with van der Waals surface area (Å²) in [5.41, 5.74) is 0.895. The molecule has 4 rings (SSSR count). The van der Waals surface area contributed by atoms with Crippen LogP contribution < -0.4 is 9.75 Å². The highest BCUT2D eigenvalue weighted by Crippen LogP contribution is 2.15. The number of nitrogens with zero attached hydrogens (tertiary/aromatic N) is 4. The van der Waals surface area contributed by atoms with Crippen LogP contribution in [-0.2, 0) is 17.9 Å². The number of allylic oxidation sites excluding steroid dienone is 1. The van der Waals surface area contributed by atoms with Gasteiger partial charge in [-0.15, -0.1) is 6.58 Å². The molecule has 4 aromatic rings. The second kappa shape index (κ2) is 8.31. The van der Waals surface area contributed by atoms with Crippen molar-refractivity contribution in [2.24, 2.45) is 0 Å². The molecule has 0 atom stereocenters. The molecule has 144 valence electrons. The summed E-state index contributed by atoms with van der Waals surface area (Å²) in [5, 5.41) is 0. The number of carbonyl (C=O) groups is 1. The molecule has 0 saturated heterocycles. The fourth-order valence-electron chi connectivity index (χ4n) is 2.40. The molecule has 11 heteroatoms. The Kier molecular flexibility index (Phi) is 5.85. The van der Waals surface area contributed by atoms with Gasteiger partial charge >= 0.3 is 9.75 Å². The number of aldehydes is 1. The van der Waals surface area contributed by atoms with Crippen molar-refractivity contribution >= 4 is 49.7 Å². The van der Waals surface area contributed by atoms with Crippen LogP contribution in [0.4, 0.5) is 8.78 Å². The number of rotatable bonds is 4. The lowest BCUT2D eigenvalue weighted by Crippen LogP contribution is -2.13. The molecule has 0 aromatic carbocycles. The summed E-state index contributed by atoms with van der Waals surface area (Å²) in [7, 11) is 0. The van der Waals surface area contributed by atoms with Crippen LogP contribution >= 0.6 is 22.7 Å². The first-order valence-corrected chi connectivity index (χ1v) is 9.42. The minimum atomic E-state index is -0.519. The third-order valence-corrected chi connectivity index (χ3v) is 5.36. The smallest absolute Gasteiger partial charge is 0.301 e. The van der Waals surface area contributed by atoms with Crippen LogP contribution in [0.1, 0.15) is 0 Å². The van der Waals surface area contributed by atoms with Gasteiger partial charge in [-0.3, -0.25) is 18.7 Å². The van der Waals surface area contributed by atoms with Crippen LogP contribution in [-0.4, -0.2) is 25.4 Å². The molecule has 0 bridgehead atoms. The Bertz CT molecular complexity index is 1190. The van der Waals surface area contributed by atoms with Crippen molar-refractivity contribution in [2.45, 2.75) is 13.1 Å². The van der Waals surface area contributed by atoms with Gasteiger partial charge in [0.25, 0.3) is 0 Å². The molecule has 0 aliphatic heterocycles. The molecule has 4 aromatic heterocycles. The largest absolute Gasteiger partial charge is 0.310 e. The van der Waals surface area contributed by atoms with Crippen LogP contribution in [0.25, 0.3) is 20.7 Å². The summed E-state index contributed by atoms with van der Waals surface area (Å²) >= 11 is 1.91. The van der Waals surface area contributed by atoms with Gasteiger partial charge in [0.15, 0.2) is 0 Å². The van der Waals surface area contributed by atoms with Crippen molar-refractivity contribution in [2.75, 3.05) is 0 Å². The van der Waals surface area contributed by atoms with Crippen molar-refractivity contribution in [1.82, 2.24) is 19.1 Å². The van der Waals surface area contributed by atoms with Crippen molar-refractivity contribution in [3.05, 3.63) is 68.2 Å². The first kappa shape index (κ1) is 19.7. The van der Waals surface area contributed by atoms with E-state index in [1.807, 2.05) is 0 Å². The molecule has 0 fully saturated rings. The minimum Gasteiger partial charge on any atom is -0.301 e. The summed E-state index contributed by atoms with van der Waals surface area (Å²) in [6.07, 6.45) is 4.34. The van der Waals surface area contributed by atoms with Crippen LogP contribution in [0.15, 0.2) is 46.8 Å². The number of hydrogen-bond donors (Lipinski definition) is 0. The van der Waals surface area contributed by atoms with Gasteiger partial charge in [-0.05, 0) is 0 Å². The van der Waals surface area contributed by atoms with Crippen LogP contribution in [0.3, 0.4) is 0 Å². The number of carbonyl (C=O) groups excluding carboxylic acids is 1. The Morgan fingerprint density at radius 2 is 1.39 bits per heavy atom. The lowest BCUT2D eigenvalue weighted by atomic mass is 10.4. The first-order chi connectivity index (χ1) is 13.4. The molecule has 0 aliphatic carbocycles. The van der Waals surface area contributed by atoms with Gasteiger partial charge in [-0.25, -0.2) is 18.7 Å². The molecule has 0 aliphatic rings. The van der Waals surface area contributed by atoms with E-state index in [0.29, 0.717) is 33.5 Å². The lowest BCUT2D eigenvalue weighted by molar-refractivity contribution is -0.108. The summed E-state index contributed by atoms with van der Waals surface area (Å²) in [6.45, 7) is 3.85. The van der Waals surface area contributed by atoms with Crippen LogP contribution in [0.5, 0.6) is 0 Å². The quantitative estimate of drug-likeness (QED) is 0.373. The van der Waals surface area contributed by atoms with E-state index in [0.717, 1.165) is 35.1 Å². The van der Waals surface area contributed by atoms with Gasteiger partial charge in [-0.2, -0.15) is 0 Å². The maximum atomic E-state index is 12.9. The number of aromatic nitrogens is 4. The summed E-state index contributed by atoms with van der Waals surface area (Å²) in [5.74, 6) is -0.955. The predicted molar refractivity (Wildman–Crippen MR) is 104 cm³/mol. The van der Waals surface area contributed by atoms with Crippen molar-refractivity contribution in [3.63, 3.8) is 0 Å². The van der Waals surface area contributed by atoms with E-state index in [1.165, 1.54) is 21.3 Å². The summed E-state index contributed by atoms with van der Waals surface area (Å²) in [4.78, 5) is 41.1. The van der Waals surface area contributed by atoms with Crippen LogP contribution in [0.2, 0.25) is 0 Å². The third kappa shape index (κ3) is 3.94. The van der Waals surface area contributed by atoms with Gasteiger partial charge in [-0.1, -0.05) is 28.7 Å². The zero-order valence-corrected chi connectivity index (χ0v) is 15.8. The molecular formula is C17H12F2N4O3S2. The predicted octanol–water partition coefficient (Wildman–Crippen LogP) is 2.58. The Morgan fingerprint density at radius 1 is 0.929 bits per heavy atom. The van der Waals surface area contributed by atoms with Crippen molar-refractivity contribution in [1.29, 1.82) is 0 Å². The monoisotopic (exact) mass is 422 g/mol.